The third-order valence-electron chi connectivity index (χ3n) is 4.99. The van der Waals surface area contributed by atoms with Gasteiger partial charge in [0.15, 0.2) is 5.76 Å². The molecule has 0 fully saturated rings. The van der Waals surface area contributed by atoms with Gasteiger partial charge >= 0.3 is 0 Å². The number of fused-ring (bicyclic) bond motifs is 1. The van der Waals surface area contributed by atoms with E-state index < -0.39 is 0 Å². The van der Waals surface area contributed by atoms with Gasteiger partial charge in [0.1, 0.15) is 23.9 Å². The van der Waals surface area contributed by atoms with Crippen LogP contribution < -0.4 is 14.2 Å². The van der Waals surface area contributed by atoms with E-state index in [2.05, 4.69) is 0 Å². The zero-order chi connectivity index (χ0) is 21.6. The molecule has 3 aromatic rings. The minimum Gasteiger partial charge on any atom is -0.493 e. The van der Waals surface area contributed by atoms with Crippen LogP contribution in [0, 0.1) is 6.92 Å². The largest absolute Gasteiger partial charge is 0.493 e. The van der Waals surface area contributed by atoms with Crippen molar-refractivity contribution in [1.29, 1.82) is 0 Å². The molecule has 0 spiro atoms. The van der Waals surface area contributed by atoms with Crippen LogP contribution in [0.25, 0.3) is 12.2 Å². The molecular weight excluding hydrogens is 388 g/mol. The number of ketones is 1. The number of allylic oxidation sites excluding steroid dienone is 1. The van der Waals surface area contributed by atoms with Gasteiger partial charge in [-0.15, -0.1) is 0 Å². The predicted molar refractivity (Wildman–Crippen MR) is 123 cm³/mol. The number of hydrogen-bond donors (Lipinski definition) is 0. The number of rotatable bonds is 7. The van der Waals surface area contributed by atoms with E-state index in [-0.39, 0.29) is 11.5 Å². The van der Waals surface area contributed by atoms with Crippen molar-refractivity contribution >= 4 is 17.9 Å². The van der Waals surface area contributed by atoms with Crippen LogP contribution >= 0.6 is 0 Å². The molecule has 0 amide bonds. The Balaban J connectivity index is 1.51. The van der Waals surface area contributed by atoms with Crippen LogP contribution in [0.4, 0.5) is 0 Å². The minimum atomic E-state index is -0.139. The van der Waals surface area contributed by atoms with Crippen LogP contribution in [0.15, 0.2) is 78.6 Å². The fourth-order valence-electron chi connectivity index (χ4n) is 3.44. The summed E-state index contributed by atoms with van der Waals surface area (Å²) in [5.74, 6) is 2.11. The molecule has 0 saturated heterocycles. The third kappa shape index (κ3) is 4.53. The molecule has 156 valence electrons. The zero-order valence-electron chi connectivity index (χ0n) is 17.6. The first-order valence-corrected chi connectivity index (χ1v) is 10.3. The fraction of sp³-hybridized carbons (Fsp3) is 0.148. The summed E-state index contributed by atoms with van der Waals surface area (Å²) in [6.45, 7) is 4.80. The van der Waals surface area contributed by atoms with Gasteiger partial charge in [-0.2, -0.15) is 0 Å². The molecule has 31 heavy (non-hydrogen) atoms. The van der Waals surface area contributed by atoms with Crippen molar-refractivity contribution in [2.75, 3.05) is 13.2 Å². The van der Waals surface area contributed by atoms with E-state index in [1.165, 1.54) is 0 Å². The summed E-state index contributed by atoms with van der Waals surface area (Å²) in [5, 5.41) is 0. The van der Waals surface area contributed by atoms with Gasteiger partial charge in [0.2, 0.25) is 5.78 Å². The second kappa shape index (κ2) is 9.35. The summed E-state index contributed by atoms with van der Waals surface area (Å²) in [7, 11) is 0. The Morgan fingerprint density at radius 2 is 1.68 bits per heavy atom. The number of Topliss-reactive ketones (excluding diaryl/α,β-unsaturated/α-hetero) is 1. The van der Waals surface area contributed by atoms with Crippen LogP contribution in [0.2, 0.25) is 0 Å². The molecule has 0 N–H and O–H groups in total. The summed E-state index contributed by atoms with van der Waals surface area (Å²) in [5.41, 5.74) is 3.28. The highest BCUT2D eigenvalue weighted by Gasteiger charge is 2.30. The number of benzene rings is 3. The second-order valence-electron chi connectivity index (χ2n) is 7.10. The Hall–Kier alpha value is -3.79. The average Bonchev–Trinajstić information content (AvgIpc) is 3.11. The Labute approximate surface area is 182 Å². The Morgan fingerprint density at radius 3 is 2.48 bits per heavy atom. The first-order valence-electron chi connectivity index (χ1n) is 10.3. The molecule has 0 aromatic heterocycles. The molecule has 3 aromatic carbocycles. The number of para-hydroxylation sites is 1. The number of carbonyl (C=O) groups excluding carboxylic acids is 1. The summed E-state index contributed by atoms with van der Waals surface area (Å²) >= 11 is 0. The van der Waals surface area contributed by atoms with Crippen molar-refractivity contribution in [2.24, 2.45) is 0 Å². The molecule has 0 radical (unpaired) electrons. The van der Waals surface area contributed by atoms with E-state index >= 15 is 0 Å². The van der Waals surface area contributed by atoms with Crippen molar-refractivity contribution in [3.8, 4) is 17.2 Å². The molecule has 0 atom stereocenters. The maximum absolute atomic E-state index is 12.9. The van der Waals surface area contributed by atoms with Gasteiger partial charge in [0.05, 0.1) is 12.2 Å². The summed E-state index contributed by atoms with van der Waals surface area (Å²) in [6.07, 6.45) is 5.71. The highest BCUT2D eigenvalue weighted by molar-refractivity contribution is 6.15. The van der Waals surface area contributed by atoms with E-state index in [9.17, 15) is 4.79 Å². The highest BCUT2D eigenvalue weighted by atomic mass is 16.5. The Bertz CT molecular complexity index is 1140. The Morgan fingerprint density at radius 1 is 0.903 bits per heavy atom. The predicted octanol–water partition coefficient (Wildman–Crippen LogP) is 6.10. The molecule has 1 aliphatic heterocycles. The van der Waals surface area contributed by atoms with Gasteiger partial charge < -0.3 is 14.2 Å². The van der Waals surface area contributed by atoms with Crippen molar-refractivity contribution < 1.29 is 19.0 Å². The van der Waals surface area contributed by atoms with Crippen molar-refractivity contribution in [3.63, 3.8) is 0 Å². The van der Waals surface area contributed by atoms with E-state index in [4.69, 9.17) is 14.2 Å². The zero-order valence-corrected chi connectivity index (χ0v) is 17.6. The monoisotopic (exact) mass is 412 g/mol. The molecule has 4 heteroatoms. The summed E-state index contributed by atoms with van der Waals surface area (Å²) < 4.78 is 17.5. The van der Waals surface area contributed by atoms with E-state index in [0.29, 0.717) is 30.3 Å². The molecule has 4 rings (SSSR count). The summed E-state index contributed by atoms with van der Waals surface area (Å²) in [6, 6.07) is 21.2. The molecule has 0 aliphatic carbocycles. The number of hydrogen-bond acceptors (Lipinski definition) is 4. The SMILES string of the molecule is CCOc1ccccc1/C=C1\Oc2c(ccc(OC/C=C/c3ccccc3)c2C)C1=O. The summed E-state index contributed by atoms with van der Waals surface area (Å²) in [4.78, 5) is 12.9. The fourth-order valence-corrected chi connectivity index (χ4v) is 3.44. The maximum Gasteiger partial charge on any atom is 0.231 e. The van der Waals surface area contributed by atoms with Crippen molar-refractivity contribution in [1.82, 2.24) is 0 Å². The quantitative estimate of drug-likeness (QED) is 0.440. The van der Waals surface area contributed by atoms with Gasteiger partial charge in [-0.1, -0.05) is 54.6 Å². The first-order chi connectivity index (χ1) is 15.2. The van der Waals surface area contributed by atoms with E-state index in [0.717, 1.165) is 22.4 Å². The topological polar surface area (TPSA) is 44.8 Å². The molecular formula is C27H24O4. The number of ether oxygens (including phenoxy) is 3. The molecule has 1 heterocycles. The molecule has 0 unspecified atom stereocenters. The third-order valence-corrected chi connectivity index (χ3v) is 4.99. The Kier molecular flexibility index (Phi) is 6.18. The first kappa shape index (κ1) is 20.5. The standard InChI is InChI=1S/C27H24O4/c1-3-29-24-14-8-7-13-21(24)18-25-26(28)22-15-16-23(19(2)27(22)31-25)30-17-9-12-20-10-5-4-6-11-20/h4-16,18H,3,17H2,1-2H3/b12-9+,25-18-. The van der Waals surface area contributed by atoms with E-state index in [1.54, 1.807) is 12.1 Å². The molecule has 4 nitrogen and oxygen atoms in total. The van der Waals surface area contributed by atoms with E-state index in [1.807, 2.05) is 86.7 Å². The van der Waals surface area contributed by atoms with Crippen LogP contribution in [0.3, 0.4) is 0 Å². The van der Waals surface area contributed by atoms with Gasteiger partial charge in [-0.3, -0.25) is 4.79 Å². The molecule has 1 aliphatic rings. The van der Waals surface area contributed by atoms with Crippen LogP contribution in [0.5, 0.6) is 17.2 Å². The van der Waals surface area contributed by atoms with Crippen LogP contribution in [0.1, 0.15) is 34.0 Å². The van der Waals surface area contributed by atoms with Crippen LogP contribution in [-0.4, -0.2) is 19.0 Å². The lowest BCUT2D eigenvalue weighted by molar-refractivity contribution is 0.101. The van der Waals surface area contributed by atoms with Gasteiger partial charge in [-0.05, 0) is 49.8 Å². The van der Waals surface area contributed by atoms with Crippen molar-refractivity contribution in [3.05, 3.63) is 101 Å². The maximum atomic E-state index is 12.9. The van der Waals surface area contributed by atoms with Gasteiger partial charge in [0.25, 0.3) is 0 Å². The lowest BCUT2D eigenvalue weighted by atomic mass is 10.1. The number of carbonyl (C=O) groups is 1. The van der Waals surface area contributed by atoms with Crippen molar-refractivity contribution in [2.45, 2.75) is 13.8 Å². The lowest BCUT2D eigenvalue weighted by Gasteiger charge is -2.10. The van der Waals surface area contributed by atoms with Gasteiger partial charge in [-0.25, -0.2) is 0 Å². The second-order valence-corrected chi connectivity index (χ2v) is 7.10. The smallest absolute Gasteiger partial charge is 0.231 e. The average molecular weight is 412 g/mol. The minimum absolute atomic E-state index is 0.139. The molecule has 0 saturated carbocycles. The molecule has 0 bridgehead atoms. The normalized spacial score (nSPS) is 14.0. The van der Waals surface area contributed by atoms with Crippen LogP contribution in [-0.2, 0) is 0 Å². The van der Waals surface area contributed by atoms with Gasteiger partial charge in [0, 0.05) is 11.1 Å². The highest BCUT2D eigenvalue weighted by Crippen LogP contribution is 2.39. The lowest BCUT2D eigenvalue weighted by Crippen LogP contribution is -1.99.